The largest absolute Gasteiger partial charge is 0.371 e. The molecule has 0 spiro atoms. The second kappa shape index (κ2) is 7.06. The number of pyridine rings is 1. The van der Waals surface area contributed by atoms with Gasteiger partial charge in [-0.05, 0) is 61.4 Å². The SMILES string of the molecule is O=C(NCC1CCN(c2ccncc2)CC1)C1(c2ccc(F)cc2)CC1. The minimum absolute atomic E-state index is 0.0978. The average Bonchev–Trinajstić information content (AvgIpc) is 3.50. The summed E-state index contributed by atoms with van der Waals surface area (Å²) in [7, 11) is 0. The molecule has 2 aromatic rings. The van der Waals surface area contributed by atoms with Gasteiger partial charge in [-0.2, -0.15) is 0 Å². The summed E-state index contributed by atoms with van der Waals surface area (Å²) in [6, 6.07) is 10.5. The molecular formula is C21H24FN3O. The number of anilines is 1. The van der Waals surface area contributed by atoms with E-state index in [4.69, 9.17) is 0 Å². The van der Waals surface area contributed by atoms with E-state index in [0.717, 1.165) is 50.9 Å². The topological polar surface area (TPSA) is 45.2 Å². The molecule has 1 aliphatic carbocycles. The van der Waals surface area contributed by atoms with Crippen molar-refractivity contribution in [1.29, 1.82) is 0 Å². The lowest BCUT2D eigenvalue weighted by atomic mass is 9.93. The predicted octanol–water partition coefficient (Wildman–Crippen LogP) is 3.29. The van der Waals surface area contributed by atoms with Crippen LogP contribution in [0, 0.1) is 11.7 Å². The maximum Gasteiger partial charge on any atom is 0.230 e. The number of benzene rings is 1. The van der Waals surface area contributed by atoms with Crippen molar-refractivity contribution in [2.24, 2.45) is 5.92 Å². The fraction of sp³-hybridized carbons (Fsp3) is 0.429. The third kappa shape index (κ3) is 3.43. The molecule has 4 rings (SSSR count). The van der Waals surface area contributed by atoms with Gasteiger partial charge in [0, 0.05) is 37.7 Å². The number of aromatic nitrogens is 1. The van der Waals surface area contributed by atoms with Gasteiger partial charge in [-0.15, -0.1) is 0 Å². The van der Waals surface area contributed by atoms with Crippen molar-refractivity contribution >= 4 is 11.6 Å². The zero-order valence-corrected chi connectivity index (χ0v) is 14.8. The van der Waals surface area contributed by atoms with Crippen LogP contribution >= 0.6 is 0 Å². The summed E-state index contributed by atoms with van der Waals surface area (Å²) in [5.74, 6) is 0.354. The Hall–Kier alpha value is -2.43. The number of nitrogens with one attached hydrogen (secondary N) is 1. The number of carbonyl (C=O) groups excluding carboxylic acids is 1. The number of hydrogen-bond donors (Lipinski definition) is 1. The maximum atomic E-state index is 13.1. The Balaban J connectivity index is 1.28. The van der Waals surface area contributed by atoms with E-state index in [9.17, 15) is 9.18 Å². The minimum Gasteiger partial charge on any atom is -0.371 e. The molecule has 1 aromatic carbocycles. The molecule has 0 atom stereocenters. The highest BCUT2D eigenvalue weighted by Crippen LogP contribution is 2.48. The first-order valence-electron chi connectivity index (χ1n) is 9.37. The van der Waals surface area contributed by atoms with Crippen molar-refractivity contribution in [2.75, 3.05) is 24.5 Å². The number of carbonyl (C=O) groups is 1. The molecule has 0 unspecified atom stereocenters. The monoisotopic (exact) mass is 353 g/mol. The summed E-state index contributed by atoms with van der Waals surface area (Å²) in [6.07, 6.45) is 7.51. The summed E-state index contributed by atoms with van der Waals surface area (Å²) < 4.78 is 13.1. The molecule has 2 fully saturated rings. The van der Waals surface area contributed by atoms with Crippen LogP contribution < -0.4 is 10.2 Å². The van der Waals surface area contributed by atoms with Crippen LogP contribution in [0.15, 0.2) is 48.8 Å². The van der Waals surface area contributed by atoms with Gasteiger partial charge in [0.05, 0.1) is 5.41 Å². The van der Waals surface area contributed by atoms with Gasteiger partial charge in [0.15, 0.2) is 0 Å². The maximum absolute atomic E-state index is 13.1. The van der Waals surface area contributed by atoms with E-state index in [0.29, 0.717) is 5.92 Å². The highest BCUT2D eigenvalue weighted by Gasteiger charge is 2.51. The van der Waals surface area contributed by atoms with E-state index < -0.39 is 5.41 Å². The van der Waals surface area contributed by atoms with Crippen molar-refractivity contribution in [2.45, 2.75) is 31.1 Å². The molecule has 1 N–H and O–H groups in total. The number of amides is 1. The number of piperidine rings is 1. The molecule has 1 amide bonds. The molecule has 26 heavy (non-hydrogen) atoms. The molecule has 1 aromatic heterocycles. The first-order valence-corrected chi connectivity index (χ1v) is 9.37. The van der Waals surface area contributed by atoms with Crippen LogP contribution in [0.25, 0.3) is 0 Å². The lowest BCUT2D eigenvalue weighted by molar-refractivity contribution is -0.123. The first-order chi connectivity index (χ1) is 12.7. The fourth-order valence-electron chi connectivity index (χ4n) is 3.90. The fourth-order valence-corrected chi connectivity index (χ4v) is 3.90. The van der Waals surface area contributed by atoms with Crippen LogP contribution in [0.2, 0.25) is 0 Å². The van der Waals surface area contributed by atoms with Crippen molar-refractivity contribution in [3.8, 4) is 0 Å². The van der Waals surface area contributed by atoms with Crippen molar-refractivity contribution < 1.29 is 9.18 Å². The molecule has 0 radical (unpaired) electrons. The molecule has 2 heterocycles. The summed E-state index contributed by atoms with van der Waals surface area (Å²) in [6.45, 7) is 2.74. The van der Waals surface area contributed by atoms with Crippen LogP contribution in [0.4, 0.5) is 10.1 Å². The van der Waals surface area contributed by atoms with Crippen LogP contribution in [0.1, 0.15) is 31.2 Å². The number of rotatable bonds is 5. The van der Waals surface area contributed by atoms with E-state index >= 15 is 0 Å². The van der Waals surface area contributed by atoms with Gasteiger partial charge in [-0.3, -0.25) is 9.78 Å². The zero-order chi connectivity index (χ0) is 18.0. The zero-order valence-electron chi connectivity index (χ0n) is 14.8. The summed E-state index contributed by atoms with van der Waals surface area (Å²) in [4.78, 5) is 19.2. The van der Waals surface area contributed by atoms with E-state index in [2.05, 4.69) is 15.2 Å². The Kier molecular flexibility index (Phi) is 4.62. The summed E-state index contributed by atoms with van der Waals surface area (Å²) >= 11 is 0. The number of hydrogen-bond acceptors (Lipinski definition) is 3. The Morgan fingerprint density at radius 1 is 1.12 bits per heavy atom. The first kappa shape index (κ1) is 17.0. The van der Waals surface area contributed by atoms with Gasteiger partial charge in [0.25, 0.3) is 0 Å². The van der Waals surface area contributed by atoms with Crippen molar-refractivity contribution in [1.82, 2.24) is 10.3 Å². The third-order valence-corrected chi connectivity index (χ3v) is 5.78. The normalized spacial score (nSPS) is 19.2. The third-order valence-electron chi connectivity index (χ3n) is 5.78. The van der Waals surface area contributed by atoms with Crippen molar-refractivity contribution in [3.05, 3.63) is 60.2 Å². The van der Waals surface area contributed by atoms with Crippen LogP contribution in [-0.2, 0) is 10.2 Å². The molecule has 0 bridgehead atoms. The second-order valence-corrected chi connectivity index (χ2v) is 7.43. The van der Waals surface area contributed by atoms with Crippen LogP contribution in [-0.4, -0.2) is 30.5 Å². The van der Waals surface area contributed by atoms with Crippen LogP contribution in [0.3, 0.4) is 0 Å². The van der Waals surface area contributed by atoms with Crippen molar-refractivity contribution in [3.63, 3.8) is 0 Å². The highest BCUT2D eigenvalue weighted by atomic mass is 19.1. The number of nitrogens with zero attached hydrogens (tertiary/aromatic N) is 2. The molecule has 136 valence electrons. The molecule has 4 nitrogen and oxygen atoms in total. The molecule has 1 saturated carbocycles. The molecule has 5 heteroatoms. The van der Waals surface area contributed by atoms with Crippen LogP contribution in [0.5, 0.6) is 0 Å². The standard InChI is InChI=1S/C21H24FN3O/c22-18-3-1-17(2-4-18)21(9-10-21)20(26)24-15-16-7-13-25(14-8-16)19-5-11-23-12-6-19/h1-6,11-12,16H,7-10,13-15H2,(H,24,26). The average molecular weight is 353 g/mol. The Bertz CT molecular complexity index is 751. The van der Waals surface area contributed by atoms with Gasteiger partial charge in [0.2, 0.25) is 5.91 Å². The lowest BCUT2D eigenvalue weighted by Crippen LogP contribution is -2.41. The molecule has 1 saturated heterocycles. The summed E-state index contributed by atoms with van der Waals surface area (Å²) in [5, 5.41) is 3.16. The van der Waals surface area contributed by atoms with Gasteiger partial charge in [0.1, 0.15) is 5.82 Å². The molecular weight excluding hydrogens is 329 g/mol. The Morgan fingerprint density at radius 2 is 1.77 bits per heavy atom. The van der Waals surface area contributed by atoms with Gasteiger partial charge in [-0.25, -0.2) is 4.39 Å². The molecule has 1 aliphatic heterocycles. The van der Waals surface area contributed by atoms with Gasteiger partial charge in [-0.1, -0.05) is 12.1 Å². The van der Waals surface area contributed by atoms with E-state index in [-0.39, 0.29) is 11.7 Å². The van der Waals surface area contributed by atoms with Gasteiger partial charge < -0.3 is 10.2 Å². The number of halogens is 1. The minimum atomic E-state index is -0.425. The molecule has 2 aliphatic rings. The van der Waals surface area contributed by atoms with E-state index in [1.54, 1.807) is 12.1 Å². The Morgan fingerprint density at radius 3 is 2.38 bits per heavy atom. The predicted molar refractivity (Wildman–Crippen MR) is 99.5 cm³/mol. The smallest absolute Gasteiger partial charge is 0.230 e. The second-order valence-electron chi connectivity index (χ2n) is 7.43. The Labute approximate surface area is 153 Å². The quantitative estimate of drug-likeness (QED) is 0.897. The highest BCUT2D eigenvalue weighted by molar-refractivity contribution is 5.91. The van der Waals surface area contributed by atoms with E-state index in [1.807, 2.05) is 24.5 Å². The van der Waals surface area contributed by atoms with Gasteiger partial charge >= 0.3 is 0 Å². The lowest BCUT2D eigenvalue weighted by Gasteiger charge is -2.33. The van der Waals surface area contributed by atoms with E-state index in [1.165, 1.54) is 17.8 Å². The summed E-state index contributed by atoms with van der Waals surface area (Å²) in [5.41, 5.74) is 1.73.